The minimum atomic E-state index is -0.443. The van der Waals surface area contributed by atoms with E-state index < -0.39 is 5.41 Å². The Kier molecular flexibility index (Phi) is 8.79. The lowest BCUT2D eigenvalue weighted by molar-refractivity contribution is 0.769. The molecule has 1 heteroatoms. The van der Waals surface area contributed by atoms with E-state index in [0.29, 0.717) is 0 Å². The molecule has 0 spiro atoms. The van der Waals surface area contributed by atoms with Gasteiger partial charge in [0, 0.05) is 17.1 Å². The van der Waals surface area contributed by atoms with Gasteiger partial charge in [-0.3, -0.25) is 0 Å². The highest BCUT2D eigenvalue weighted by molar-refractivity contribution is 5.91. The van der Waals surface area contributed by atoms with Gasteiger partial charge in [0.05, 0.1) is 5.41 Å². The highest BCUT2D eigenvalue weighted by Gasteiger charge is 2.46. The molecule has 60 heavy (non-hydrogen) atoms. The van der Waals surface area contributed by atoms with Gasteiger partial charge < -0.3 is 4.90 Å². The van der Waals surface area contributed by atoms with Gasteiger partial charge in [0.2, 0.25) is 0 Å². The maximum absolute atomic E-state index is 2.44. The van der Waals surface area contributed by atoms with Crippen LogP contribution in [0.2, 0.25) is 0 Å². The van der Waals surface area contributed by atoms with Crippen molar-refractivity contribution < 1.29 is 0 Å². The van der Waals surface area contributed by atoms with E-state index in [2.05, 4.69) is 254 Å². The zero-order valence-corrected chi connectivity index (χ0v) is 33.1. The summed E-state index contributed by atoms with van der Waals surface area (Å²) in [5.74, 6) is 0. The van der Waals surface area contributed by atoms with Crippen molar-refractivity contribution in [3.63, 3.8) is 0 Å². The van der Waals surface area contributed by atoms with Crippen molar-refractivity contribution in [2.45, 2.75) is 5.41 Å². The second-order valence-corrected chi connectivity index (χ2v) is 15.7. The van der Waals surface area contributed by atoms with Crippen LogP contribution in [0.25, 0.3) is 55.3 Å². The topological polar surface area (TPSA) is 3.24 Å². The van der Waals surface area contributed by atoms with Crippen molar-refractivity contribution in [1.29, 1.82) is 0 Å². The third-order valence-corrected chi connectivity index (χ3v) is 12.3. The molecule has 0 aliphatic heterocycles. The second kappa shape index (κ2) is 14.9. The van der Waals surface area contributed by atoms with E-state index in [1.807, 2.05) is 0 Å². The van der Waals surface area contributed by atoms with Crippen LogP contribution >= 0.6 is 0 Å². The standard InChI is InChI=1S/C59H41N/c1-4-16-42(17-5-1)46-20-14-26-53(39-46)60(54-27-15-21-47(40-54)48-31-30-43-18-10-11-19-45(43)38-48)52-35-32-44(33-36-52)49-34-37-56-55-28-12-13-29-57(55)59(58(56)41-49,50-22-6-2-7-23-50)51-24-8-3-9-25-51/h1-41H. The Morgan fingerprint density at radius 2 is 0.717 bits per heavy atom. The van der Waals surface area contributed by atoms with Gasteiger partial charge in [-0.05, 0) is 126 Å². The number of rotatable bonds is 8. The first kappa shape index (κ1) is 35.4. The molecule has 1 nitrogen and oxygen atoms in total. The fourth-order valence-electron chi connectivity index (χ4n) is 9.52. The summed E-state index contributed by atoms with van der Waals surface area (Å²) in [6.07, 6.45) is 0. The molecule has 0 saturated heterocycles. The molecule has 10 aromatic carbocycles. The van der Waals surface area contributed by atoms with Crippen molar-refractivity contribution in [3.8, 4) is 44.5 Å². The fraction of sp³-hybridized carbons (Fsp3) is 0.0169. The highest BCUT2D eigenvalue weighted by atomic mass is 15.1. The summed E-state index contributed by atoms with van der Waals surface area (Å²) < 4.78 is 0. The first-order chi connectivity index (χ1) is 29.7. The van der Waals surface area contributed by atoms with Gasteiger partial charge >= 0.3 is 0 Å². The summed E-state index contributed by atoms with van der Waals surface area (Å²) in [6.45, 7) is 0. The van der Waals surface area contributed by atoms with Crippen molar-refractivity contribution in [2.24, 2.45) is 0 Å². The molecule has 0 amide bonds. The molecule has 0 N–H and O–H groups in total. The summed E-state index contributed by atoms with van der Waals surface area (Å²) in [7, 11) is 0. The summed E-state index contributed by atoms with van der Waals surface area (Å²) in [6, 6.07) is 91.0. The third kappa shape index (κ3) is 6.03. The van der Waals surface area contributed by atoms with E-state index in [-0.39, 0.29) is 0 Å². The van der Waals surface area contributed by atoms with Crippen LogP contribution in [-0.4, -0.2) is 0 Å². The lowest BCUT2D eigenvalue weighted by Gasteiger charge is -2.34. The number of fused-ring (bicyclic) bond motifs is 4. The smallest absolute Gasteiger partial charge is 0.0713 e. The molecule has 0 unspecified atom stereocenters. The average molecular weight is 764 g/mol. The van der Waals surface area contributed by atoms with E-state index in [1.54, 1.807) is 0 Å². The summed E-state index contributed by atoms with van der Waals surface area (Å²) in [5, 5.41) is 2.49. The van der Waals surface area contributed by atoms with Crippen molar-refractivity contribution >= 4 is 27.8 Å². The Morgan fingerprint density at radius 3 is 1.40 bits per heavy atom. The molecule has 11 rings (SSSR count). The van der Waals surface area contributed by atoms with Crippen LogP contribution in [0, 0.1) is 0 Å². The molecule has 0 heterocycles. The molecule has 0 atom stereocenters. The molecule has 1 aliphatic carbocycles. The van der Waals surface area contributed by atoms with Crippen LogP contribution in [-0.2, 0) is 5.41 Å². The van der Waals surface area contributed by atoms with Gasteiger partial charge in [-0.15, -0.1) is 0 Å². The lowest BCUT2D eigenvalue weighted by Crippen LogP contribution is -2.28. The molecule has 0 bridgehead atoms. The molecular weight excluding hydrogens is 723 g/mol. The van der Waals surface area contributed by atoms with E-state index in [0.717, 1.165) is 17.1 Å². The second-order valence-electron chi connectivity index (χ2n) is 15.7. The Hall–Kier alpha value is -7.74. The minimum Gasteiger partial charge on any atom is -0.310 e. The van der Waals surface area contributed by atoms with Crippen LogP contribution in [0.4, 0.5) is 17.1 Å². The van der Waals surface area contributed by atoms with E-state index in [1.165, 1.54) is 77.5 Å². The summed E-state index contributed by atoms with van der Waals surface area (Å²) in [5.41, 5.74) is 17.7. The number of benzene rings is 10. The average Bonchev–Trinajstić information content (AvgIpc) is 3.63. The number of hydrogen-bond acceptors (Lipinski definition) is 1. The Bertz CT molecular complexity index is 3090. The predicted molar refractivity (Wildman–Crippen MR) is 252 cm³/mol. The normalized spacial score (nSPS) is 12.5. The quantitative estimate of drug-likeness (QED) is 0.149. The minimum absolute atomic E-state index is 0.443. The largest absolute Gasteiger partial charge is 0.310 e. The van der Waals surface area contributed by atoms with Crippen molar-refractivity contribution in [1.82, 2.24) is 0 Å². The SMILES string of the molecule is c1ccc(-c2cccc(N(c3ccc(-c4ccc5c(c4)C(c4ccccc4)(c4ccccc4)c4ccccc4-5)cc3)c3cccc(-c4ccc5ccccc5c4)c3)c2)cc1. The molecular formula is C59H41N. The van der Waals surface area contributed by atoms with Crippen molar-refractivity contribution in [2.75, 3.05) is 4.90 Å². The number of hydrogen-bond donors (Lipinski definition) is 0. The molecule has 1 aliphatic rings. The van der Waals surface area contributed by atoms with Gasteiger partial charge in [0.25, 0.3) is 0 Å². The van der Waals surface area contributed by atoms with Crippen molar-refractivity contribution in [3.05, 3.63) is 271 Å². The first-order valence-corrected chi connectivity index (χ1v) is 20.7. The van der Waals surface area contributed by atoms with Crippen LogP contribution in [0.15, 0.2) is 249 Å². The molecule has 0 aromatic heterocycles. The summed E-state index contributed by atoms with van der Waals surface area (Å²) in [4.78, 5) is 2.38. The van der Waals surface area contributed by atoms with Gasteiger partial charge in [0.15, 0.2) is 0 Å². The molecule has 10 aromatic rings. The van der Waals surface area contributed by atoms with Gasteiger partial charge in [-0.2, -0.15) is 0 Å². The highest BCUT2D eigenvalue weighted by Crippen LogP contribution is 2.56. The van der Waals surface area contributed by atoms with Crippen LogP contribution in [0.3, 0.4) is 0 Å². The molecule has 0 saturated carbocycles. The number of nitrogens with zero attached hydrogens (tertiary/aromatic N) is 1. The lowest BCUT2D eigenvalue weighted by atomic mass is 9.67. The third-order valence-electron chi connectivity index (χ3n) is 12.3. The zero-order chi connectivity index (χ0) is 39.9. The Labute approximate surface area is 352 Å². The monoisotopic (exact) mass is 763 g/mol. The van der Waals surface area contributed by atoms with Gasteiger partial charge in [-0.1, -0.05) is 200 Å². The molecule has 0 radical (unpaired) electrons. The van der Waals surface area contributed by atoms with Gasteiger partial charge in [-0.25, -0.2) is 0 Å². The summed E-state index contributed by atoms with van der Waals surface area (Å²) >= 11 is 0. The Morgan fingerprint density at radius 1 is 0.250 bits per heavy atom. The zero-order valence-electron chi connectivity index (χ0n) is 33.1. The van der Waals surface area contributed by atoms with Crippen LogP contribution in [0.5, 0.6) is 0 Å². The maximum Gasteiger partial charge on any atom is 0.0713 e. The van der Waals surface area contributed by atoms with Gasteiger partial charge in [0.1, 0.15) is 0 Å². The molecule has 282 valence electrons. The van der Waals surface area contributed by atoms with Crippen LogP contribution < -0.4 is 4.90 Å². The van der Waals surface area contributed by atoms with E-state index >= 15 is 0 Å². The van der Waals surface area contributed by atoms with E-state index in [4.69, 9.17) is 0 Å². The first-order valence-electron chi connectivity index (χ1n) is 20.7. The predicted octanol–water partition coefficient (Wildman–Crippen LogP) is 15.7. The number of anilines is 3. The fourth-order valence-corrected chi connectivity index (χ4v) is 9.52. The molecule has 0 fully saturated rings. The van der Waals surface area contributed by atoms with E-state index in [9.17, 15) is 0 Å². The maximum atomic E-state index is 2.44. The Balaban J connectivity index is 1.03. The van der Waals surface area contributed by atoms with Crippen LogP contribution in [0.1, 0.15) is 22.3 Å².